The zero-order chi connectivity index (χ0) is 79.0. The zero-order valence-corrected chi connectivity index (χ0v) is 64.7. The van der Waals surface area contributed by atoms with Gasteiger partial charge in [0.05, 0.1) is 11.0 Å². The van der Waals surface area contributed by atoms with Crippen molar-refractivity contribution in [2.45, 2.75) is 44.0 Å². The SMILES string of the molecule is CCn1c2ccc(C3c4ccccc4-c4cc(-c5ccc6c(c5)C5N=C7N=C(N=C8NC(N=C9N=C(N=C6N5)c5ccccc59)c5ccccc58)c5ccccc57)ccc43)cc2c2cc(-n3c4ccccc4c4cc(-c5ccc6c(c5)C5=NC7=NC(=NC8NC(=NC9=NC(=NC6N5)c5ccccc59)c5ccccc58)c5ccccc57)ccc43)ccc21. The fraction of sp³-hybridized carbons (Fsp3) is 0.0680. The Morgan fingerprint density at radius 3 is 1.13 bits per heavy atom. The second-order valence-electron chi connectivity index (χ2n) is 32.2. The molecule has 0 radical (unpaired) electrons. The lowest BCUT2D eigenvalue weighted by Gasteiger charge is -2.16. The predicted molar refractivity (Wildman–Crippen MR) is 484 cm³/mol. The number of amidine groups is 12. The van der Waals surface area contributed by atoms with Crippen LogP contribution in [0.3, 0.4) is 0 Å². The van der Waals surface area contributed by atoms with Crippen molar-refractivity contribution in [2.75, 3.05) is 0 Å². The van der Waals surface area contributed by atoms with Crippen molar-refractivity contribution in [1.82, 2.24) is 30.4 Å². The highest BCUT2D eigenvalue weighted by Gasteiger charge is 2.39. The maximum Gasteiger partial charge on any atom is 0.164 e. The molecule has 2 aromatic heterocycles. The van der Waals surface area contributed by atoms with Crippen molar-refractivity contribution in [3.63, 3.8) is 0 Å². The zero-order valence-electron chi connectivity index (χ0n) is 64.7. The van der Waals surface area contributed by atoms with Crippen molar-refractivity contribution in [3.05, 3.63) is 409 Å². The maximum atomic E-state index is 5.51. The van der Waals surface area contributed by atoms with Gasteiger partial charge >= 0.3 is 0 Å². The molecule has 10 aliphatic heterocycles. The van der Waals surface area contributed by atoms with Gasteiger partial charge < -0.3 is 30.4 Å². The summed E-state index contributed by atoms with van der Waals surface area (Å²) in [4.78, 5) is 63.7. The summed E-state index contributed by atoms with van der Waals surface area (Å²) in [6.45, 7) is 3.07. The first kappa shape index (κ1) is 66.1. The average Bonchev–Trinajstić information content (AvgIpc) is 1.57. The van der Waals surface area contributed by atoms with Crippen molar-refractivity contribution in [3.8, 4) is 39.1 Å². The third kappa shape index (κ3) is 9.80. The molecule has 5 atom stereocenters. The number of benzene rings is 14. The first-order valence-electron chi connectivity index (χ1n) is 41.1. The lowest BCUT2D eigenvalue weighted by Crippen LogP contribution is -2.21. The fourth-order valence-electron chi connectivity index (χ4n) is 20.1. The smallest absolute Gasteiger partial charge is 0.164 e. The topological polar surface area (TPSA) is 206 Å². The van der Waals surface area contributed by atoms with Crippen LogP contribution in [0.2, 0.25) is 0 Å². The molecule has 18 nitrogen and oxygen atoms in total. The molecule has 121 heavy (non-hydrogen) atoms. The van der Waals surface area contributed by atoms with Gasteiger partial charge in [0, 0.05) is 140 Å². The van der Waals surface area contributed by atoms with Gasteiger partial charge in [-0.1, -0.05) is 237 Å². The molecule has 27 rings (SSSR count). The van der Waals surface area contributed by atoms with Crippen LogP contribution in [-0.2, 0) is 6.54 Å². The lowest BCUT2D eigenvalue weighted by atomic mass is 9.88. The molecule has 0 spiro atoms. The molecule has 0 saturated carbocycles. The van der Waals surface area contributed by atoms with Gasteiger partial charge in [-0.05, 0) is 124 Å². The minimum atomic E-state index is -0.538. The Bertz CT molecular complexity index is 7920. The van der Waals surface area contributed by atoms with Gasteiger partial charge in [-0.25, -0.2) is 59.9 Å². The highest BCUT2D eigenvalue weighted by Crippen LogP contribution is 2.51. The molecular formula is C103H64N18. The molecule has 16 bridgehead atoms. The molecule has 0 fully saturated rings. The minimum absolute atomic E-state index is 0.0131. The first-order chi connectivity index (χ1) is 59.8. The molecule has 12 heterocycles. The normalized spacial score (nSPS) is 18.9. The molecule has 11 aliphatic rings. The summed E-state index contributed by atoms with van der Waals surface area (Å²) in [7, 11) is 0. The Kier molecular flexibility index (Phi) is 13.6. The standard InChI is InChI=1S/C103H64N18/c1-2-120-83-44-39-57(87-61-21-4-3-19-59(61)77-47-53(35-41-62(77)87)54-36-42-75-81(49-54)102-116-98-73-32-15-13-30-71(73)94(112-98)108-90-65-24-7-5-22-63(65)88(104-90)106-92-67-26-9-11-28-69(67)96(110-92)114-100(75)118-102)51-79(83)80-52-58(40-46-84(80)120)121-85-34-18-17-20-60(85)78-48-56(38-45-86(78)121)55-37-43-76-82(50-55)103-117-99-74-33-16-14-31-72(74)95(113-99)109-91-66-25-8-6-23-64(66)89(105-91)107-93-68-27-10-12-29-70(68)97(111-93)115-101(76)119-103/h3-52,87-88,91,101-102H,2H2,1H3,(H,104,108,112,116)(H,105,107,111,115)(H,106,110,114,118)(H,109,113,117,119). The summed E-state index contributed by atoms with van der Waals surface area (Å²) < 4.78 is 4.91. The monoisotopic (exact) mass is 1550 g/mol. The number of fused-ring (bicyclic) bond motifs is 45. The number of hydrogen-bond donors (Lipinski definition) is 4. The molecule has 14 aromatic carbocycles. The molecule has 0 saturated heterocycles. The average molecular weight is 1550 g/mol. The van der Waals surface area contributed by atoms with E-state index in [0.29, 0.717) is 70.0 Å². The molecular weight excluding hydrogens is 1490 g/mol. The number of aryl methyl sites for hydroxylation is 1. The number of aromatic nitrogens is 2. The Balaban J connectivity index is 0.543. The largest absolute Gasteiger partial charge is 0.344 e. The number of para-hydroxylation sites is 1. The van der Waals surface area contributed by atoms with Crippen LogP contribution in [0.25, 0.3) is 82.7 Å². The number of nitrogens with one attached hydrogen (secondary N) is 4. The second kappa shape index (κ2) is 25.0. The second-order valence-corrected chi connectivity index (χ2v) is 32.2. The van der Waals surface area contributed by atoms with Crippen LogP contribution < -0.4 is 21.3 Å². The maximum absolute atomic E-state index is 5.51. The summed E-state index contributed by atoms with van der Waals surface area (Å²) in [5.74, 6) is 7.47. The third-order valence-corrected chi connectivity index (χ3v) is 25.7. The summed E-state index contributed by atoms with van der Waals surface area (Å²) in [6.07, 6.45) is -1.91. The van der Waals surface area contributed by atoms with E-state index in [9.17, 15) is 0 Å². The fourth-order valence-corrected chi connectivity index (χ4v) is 20.1. The van der Waals surface area contributed by atoms with E-state index in [1.165, 1.54) is 55.0 Å². The van der Waals surface area contributed by atoms with Crippen LogP contribution >= 0.6 is 0 Å². The van der Waals surface area contributed by atoms with Gasteiger partial charge in [-0.15, -0.1) is 0 Å². The highest BCUT2D eigenvalue weighted by molar-refractivity contribution is 6.30. The first-order valence-corrected chi connectivity index (χ1v) is 41.1. The van der Waals surface area contributed by atoms with Gasteiger partial charge in [0.15, 0.2) is 46.7 Å². The Morgan fingerprint density at radius 2 is 0.595 bits per heavy atom. The molecule has 1 aliphatic carbocycles. The van der Waals surface area contributed by atoms with Crippen LogP contribution in [0.4, 0.5) is 0 Å². The number of rotatable bonds is 5. The van der Waals surface area contributed by atoms with Gasteiger partial charge in [-0.2, -0.15) is 0 Å². The number of aliphatic imine (C=N–C) groups is 12. The minimum Gasteiger partial charge on any atom is -0.344 e. The predicted octanol–water partition coefficient (Wildman–Crippen LogP) is 19.1. The van der Waals surface area contributed by atoms with Gasteiger partial charge in [-0.3, -0.25) is 0 Å². The van der Waals surface area contributed by atoms with Crippen LogP contribution in [-0.4, -0.2) is 79.2 Å². The molecule has 5 unspecified atom stereocenters. The highest BCUT2D eigenvalue weighted by atomic mass is 15.2. The lowest BCUT2D eigenvalue weighted by molar-refractivity contribution is 0.711. The molecule has 566 valence electrons. The molecule has 18 heteroatoms. The van der Waals surface area contributed by atoms with E-state index in [0.717, 1.165) is 140 Å². The van der Waals surface area contributed by atoms with Crippen molar-refractivity contribution < 1.29 is 0 Å². The van der Waals surface area contributed by atoms with Crippen LogP contribution in [0.1, 0.15) is 143 Å². The van der Waals surface area contributed by atoms with E-state index in [2.05, 4.69) is 268 Å². The Morgan fingerprint density at radius 1 is 0.240 bits per heavy atom. The Labute approximate surface area is 691 Å². The van der Waals surface area contributed by atoms with Gasteiger partial charge in [0.1, 0.15) is 48.0 Å². The van der Waals surface area contributed by atoms with E-state index in [4.69, 9.17) is 59.9 Å². The third-order valence-electron chi connectivity index (χ3n) is 25.7. The van der Waals surface area contributed by atoms with Crippen molar-refractivity contribution >= 4 is 114 Å². The van der Waals surface area contributed by atoms with Crippen LogP contribution in [0.15, 0.2) is 363 Å². The van der Waals surface area contributed by atoms with E-state index < -0.39 is 24.7 Å². The quantitative estimate of drug-likeness (QED) is 0.133. The van der Waals surface area contributed by atoms with E-state index in [1.807, 2.05) is 72.8 Å². The van der Waals surface area contributed by atoms with E-state index >= 15 is 0 Å². The van der Waals surface area contributed by atoms with E-state index in [-0.39, 0.29) is 5.92 Å². The van der Waals surface area contributed by atoms with Crippen molar-refractivity contribution in [2.24, 2.45) is 59.9 Å². The van der Waals surface area contributed by atoms with Crippen LogP contribution in [0, 0.1) is 0 Å². The summed E-state index contributed by atoms with van der Waals surface area (Å²) in [6, 6.07) is 109. The van der Waals surface area contributed by atoms with Crippen LogP contribution in [0.5, 0.6) is 0 Å². The Hall–Kier alpha value is -16.1. The summed E-state index contributed by atoms with van der Waals surface area (Å²) >= 11 is 0. The van der Waals surface area contributed by atoms with Gasteiger partial charge in [0.2, 0.25) is 0 Å². The number of nitrogens with zero attached hydrogens (tertiary/aromatic N) is 14. The number of hydrogen-bond acceptors (Lipinski definition) is 16. The molecule has 16 aromatic rings. The van der Waals surface area contributed by atoms with E-state index in [1.54, 1.807) is 0 Å². The van der Waals surface area contributed by atoms with Crippen molar-refractivity contribution in [1.29, 1.82) is 0 Å². The molecule has 4 N–H and O–H groups in total. The summed E-state index contributed by atoms with van der Waals surface area (Å²) in [5, 5.41) is 19.5. The summed E-state index contributed by atoms with van der Waals surface area (Å²) in [5.41, 5.74) is 31.4. The molecule has 0 amide bonds. The van der Waals surface area contributed by atoms with Gasteiger partial charge in [0.25, 0.3) is 0 Å².